The number of rotatable bonds is 8. The van der Waals surface area contributed by atoms with E-state index in [1.165, 1.54) is 16.2 Å². The van der Waals surface area contributed by atoms with Gasteiger partial charge in [0.05, 0.1) is 12.2 Å². The summed E-state index contributed by atoms with van der Waals surface area (Å²) in [5.41, 5.74) is 2.01. The van der Waals surface area contributed by atoms with Crippen molar-refractivity contribution in [2.45, 2.75) is 33.2 Å². The molecule has 0 aliphatic carbocycles. The van der Waals surface area contributed by atoms with E-state index >= 15 is 0 Å². The van der Waals surface area contributed by atoms with Crippen LogP contribution in [0.1, 0.15) is 42.7 Å². The Hall–Kier alpha value is -2.58. The predicted octanol–water partition coefficient (Wildman–Crippen LogP) is 4.98. The van der Waals surface area contributed by atoms with E-state index in [-0.39, 0.29) is 11.9 Å². The van der Waals surface area contributed by atoms with Crippen molar-refractivity contribution >= 4 is 45.5 Å². The summed E-state index contributed by atoms with van der Waals surface area (Å²) in [5.74, 6) is 0.0175. The molecule has 0 saturated heterocycles. The molecule has 3 rings (SSSR count). The molecule has 0 atom stereocenters. The number of hydrogen-bond acceptors (Lipinski definition) is 4. The van der Waals surface area contributed by atoms with Crippen molar-refractivity contribution in [2.75, 3.05) is 25.5 Å². The Bertz CT molecular complexity index is 1010. The fourth-order valence-electron chi connectivity index (χ4n) is 3.20. The van der Waals surface area contributed by atoms with E-state index in [0.29, 0.717) is 22.9 Å². The van der Waals surface area contributed by atoms with Gasteiger partial charge in [-0.25, -0.2) is 9.78 Å². The maximum Gasteiger partial charge on any atom is 0.321 e. The molecule has 0 aliphatic heterocycles. The average molecular weight is 448 g/mol. The van der Waals surface area contributed by atoms with E-state index in [9.17, 15) is 9.59 Å². The Labute approximate surface area is 185 Å². The van der Waals surface area contributed by atoms with Crippen molar-refractivity contribution in [3.63, 3.8) is 0 Å². The highest BCUT2D eigenvalue weighted by Crippen LogP contribution is 2.22. The molecule has 0 radical (unpaired) electrons. The van der Waals surface area contributed by atoms with Crippen molar-refractivity contribution in [2.24, 2.45) is 0 Å². The normalized spacial score (nSPS) is 10.9. The van der Waals surface area contributed by atoms with E-state index < -0.39 is 0 Å². The van der Waals surface area contributed by atoms with Gasteiger partial charge in [0, 0.05) is 43.0 Å². The van der Waals surface area contributed by atoms with E-state index in [2.05, 4.69) is 24.1 Å². The summed E-state index contributed by atoms with van der Waals surface area (Å²) < 4.78 is 1.88. The van der Waals surface area contributed by atoms with Crippen LogP contribution in [-0.2, 0) is 6.54 Å². The van der Waals surface area contributed by atoms with Crippen molar-refractivity contribution < 1.29 is 9.59 Å². The fraction of sp³-hybridized carbons (Fsp3) is 0.381. The first-order chi connectivity index (χ1) is 14.4. The third-order valence-electron chi connectivity index (χ3n) is 4.70. The third kappa shape index (κ3) is 4.94. The Balaban J connectivity index is 1.63. The van der Waals surface area contributed by atoms with E-state index in [4.69, 9.17) is 11.6 Å². The summed E-state index contributed by atoms with van der Waals surface area (Å²) in [7, 11) is 1.70. The van der Waals surface area contributed by atoms with Crippen LogP contribution in [0.4, 0.5) is 10.5 Å². The smallest absolute Gasteiger partial charge is 0.321 e. The minimum Gasteiger partial charge on any atom is -0.339 e. The number of benzene rings is 1. The molecular weight excluding hydrogens is 422 g/mol. The van der Waals surface area contributed by atoms with Gasteiger partial charge >= 0.3 is 6.03 Å². The first kappa shape index (κ1) is 22.1. The lowest BCUT2D eigenvalue weighted by molar-refractivity contribution is 0.0755. The van der Waals surface area contributed by atoms with Gasteiger partial charge in [0.25, 0.3) is 5.91 Å². The number of carbonyl (C=O) groups excluding carboxylic acids is 2. The van der Waals surface area contributed by atoms with Gasteiger partial charge in [0.1, 0.15) is 0 Å². The van der Waals surface area contributed by atoms with Crippen LogP contribution in [0, 0.1) is 0 Å². The van der Waals surface area contributed by atoms with Gasteiger partial charge in [-0.1, -0.05) is 25.4 Å². The molecule has 7 nitrogen and oxygen atoms in total. The first-order valence-corrected chi connectivity index (χ1v) is 11.2. The second-order valence-electron chi connectivity index (χ2n) is 7.06. The van der Waals surface area contributed by atoms with Crippen LogP contribution in [-0.4, -0.2) is 51.3 Å². The SMILES string of the molecule is CCCN(CCC)C(=O)c1ccc(NC(=O)N(C)Cc2c(Cl)nc3sccn23)cc1. The number of halogens is 1. The monoisotopic (exact) mass is 447 g/mol. The quantitative estimate of drug-likeness (QED) is 0.529. The number of amides is 3. The van der Waals surface area contributed by atoms with E-state index in [1.807, 2.05) is 20.9 Å². The second-order valence-corrected chi connectivity index (χ2v) is 8.29. The molecule has 2 aromatic heterocycles. The van der Waals surface area contributed by atoms with Crippen LogP contribution in [0.3, 0.4) is 0 Å². The lowest BCUT2D eigenvalue weighted by Gasteiger charge is -2.22. The number of imidazole rings is 1. The fourth-order valence-corrected chi connectivity index (χ4v) is 4.21. The van der Waals surface area contributed by atoms with Crippen LogP contribution in [0.15, 0.2) is 35.8 Å². The van der Waals surface area contributed by atoms with Crippen LogP contribution in [0.25, 0.3) is 4.96 Å². The maximum atomic E-state index is 12.7. The molecule has 0 unspecified atom stereocenters. The Kier molecular flexibility index (Phi) is 7.33. The molecule has 0 bridgehead atoms. The zero-order chi connectivity index (χ0) is 21.7. The van der Waals surface area contributed by atoms with Crippen LogP contribution >= 0.6 is 22.9 Å². The molecular formula is C21H26ClN5O2S. The van der Waals surface area contributed by atoms with E-state index in [1.54, 1.807) is 31.3 Å². The average Bonchev–Trinajstić information content (AvgIpc) is 3.30. The molecule has 0 fully saturated rings. The minimum absolute atomic E-state index is 0.0175. The molecule has 3 amide bonds. The van der Waals surface area contributed by atoms with Crippen LogP contribution in [0.5, 0.6) is 0 Å². The number of urea groups is 1. The standard InChI is InChI=1S/C21H26ClN5O2S/c1-4-10-26(11-5-2)19(28)15-6-8-16(9-7-15)23-20(29)25(3)14-17-18(22)24-21-27(17)12-13-30-21/h6-9,12-13H,4-5,10-11,14H2,1-3H3,(H,23,29). The second kappa shape index (κ2) is 9.95. The lowest BCUT2D eigenvalue weighted by Crippen LogP contribution is -2.32. The van der Waals surface area contributed by atoms with Crippen molar-refractivity contribution in [1.29, 1.82) is 0 Å². The van der Waals surface area contributed by atoms with Gasteiger partial charge in [0.15, 0.2) is 10.1 Å². The highest BCUT2D eigenvalue weighted by molar-refractivity contribution is 7.15. The molecule has 2 heterocycles. The molecule has 30 heavy (non-hydrogen) atoms. The van der Waals surface area contributed by atoms with Gasteiger partial charge < -0.3 is 15.1 Å². The van der Waals surface area contributed by atoms with Gasteiger partial charge in [-0.15, -0.1) is 11.3 Å². The number of aromatic nitrogens is 2. The molecule has 0 aliphatic rings. The summed E-state index contributed by atoms with van der Waals surface area (Å²) in [4.78, 5) is 33.7. The summed E-state index contributed by atoms with van der Waals surface area (Å²) in [6.07, 6.45) is 3.73. The lowest BCUT2D eigenvalue weighted by atomic mass is 10.1. The van der Waals surface area contributed by atoms with Gasteiger partial charge in [0.2, 0.25) is 0 Å². The maximum absolute atomic E-state index is 12.7. The molecule has 1 aromatic carbocycles. The summed E-state index contributed by atoms with van der Waals surface area (Å²) in [6, 6.07) is 6.72. The minimum atomic E-state index is -0.270. The first-order valence-electron chi connectivity index (χ1n) is 9.96. The van der Waals surface area contributed by atoms with Gasteiger partial charge in [-0.05, 0) is 37.1 Å². The zero-order valence-corrected chi connectivity index (χ0v) is 19.0. The van der Waals surface area contributed by atoms with Crippen LogP contribution in [0.2, 0.25) is 5.15 Å². The van der Waals surface area contributed by atoms with Gasteiger partial charge in [-0.3, -0.25) is 9.20 Å². The number of fused-ring (bicyclic) bond motifs is 1. The number of nitrogens with zero attached hydrogens (tertiary/aromatic N) is 4. The van der Waals surface area contributed by atoms with Crippen molar-refractivity contribution in [1.82, 2.24) is 19.2 Å². The highest BCUT2D eigenvalue weighted by Gasteiger charge is 2.17. The van der Waals surface area contributed by atoms with Crippen LogP contribution < -0.4 is 5.32 Å². The molecule has 0 spiro atoms. The highest BCUT2D eigenvalue weighted by atomic mass is 35.5. The Morgan fingerprint density at radius 2 is 1.83 bits per heavy atom. The summed E-state index contributed by atoms with van der Waals surface area (Å²) in [6.45, 7) is 5.93. The van der Waals surface area contributed by atoms with E-state index in [0.717, 1.165) is 36.6 Å². The molecule has 160 valence electrons. The van der Waals surface area contributed by atoms with Gasteiger partial charge in [-0.2, -0.15) is 0 Å². The predicted molar refractivity (Wildman–Crippen MR) is 121 cm³/mol. The molecule has 0 saturated carbocycles. The van der Waals surface area contributed by atoms with Crippen molar-refractivity contribution in [3.05, 3.63) is 52.3 Å². The number of thiazole rings is 1. The molecule has 1 N–H and O–H groups in total. The number of anilines is 1. The number of carbonyl (C=O) groups is 2. The third-order valence-corrected chi connectivity index (χ3v) is 5.76. The summed E-state index contributed by atoms with van der Waals surface area (Å²) in [5, 5.41) is 5.17. The topological polar surface area (TPSA) is 70.0 Å². The molecule has 3 aromatic rings. The number of hydrogen-bond donors (Lipinski definition) is 1. The molecule has 9 heteroatoms. The largest absolute Gasteiger partial charge is 0.339 e. The summed E-state index contributed by atoms with van der Waals surface area (Å²) >= 11 is 7.71. The number of nitrogens with one attached hydrogen (secondary N) is 1. The Morgan fingerprint density at radius 3 is 2.47 bits per heavy atom. The Morgan fingerprint density at radius 1 is 1.17 bits per heavy atom. The van der Waals surface area contributed by atoms with Crippen molar-refractivity contribution in [3.8, 4) is 0 Å². The zero-order valence-electron chi connectivity index (χ0n) is 17.4.